The van der Waals surface area contributed by atoms with Gasteiger partial charge in [-0.2, -0.15) is 5.26 Å². The van der Waals surface area contributed by atoms with E-state index in [4.69, 9.17) is 10.4 Å². The zero-order chi connectivity index (χ0) is 12.3. The van der Waals surface area contributed by atoms with Crippen molar-refractivity contribution in [3.63, 3.8) is 0 Å². The molecule has 5 heteroatoms. The SMILES string of the molecule is N#CCCN(c1ccnc(C(=O)O)c1)C1CC1. The van der Waals surface area contributed by atoms with E-state index >= 15 is 0 Å². The first-order valence-electron chi connectivity index (χ1n) is 5.55. The van der Waals surface area contributed by atoms with Crippen LogP contribution in [0.3, 0.4) is 0 Å². The Kier molecular flexibility index (Phi) is 3.24. The van der Waals surface area contributed by atoms with E-state index in [1.807, 2.05) is 0 Å². The fraction of sp³-hybridized carbons (Fsp3) is 0.417. The molecule has 5 nitrogen and oxygen atoms in total. The molecule has 1 aromatic rings. The monoisotopic (exact) mass is 231 g/mol. The van der Waals surface area contributed by atoms with Crippen molar-refractivity contribution in [3.05, 3.63) is 24.0 Å². The van der Waals surface area contributed by atoms with E-state index in [1.54, 1.807) is 12.1 Å². The summed E-state index contributed by atoms with van der Waals surface area (Å²) in [6, 6.07) is 5.93. The van der Waals surface area contributed by atoms with Gasteiger partial charge in [-0.1, -0.05) is 0 Å². The summed E-state index contributed by atoms with van der Waals surface area (Å²) >= 11 is 0. The third-order valence-corrected chi connectivity index (χ3v) is 2.75. The lowest BCUT2D eigenvalue weighted by Gasteiger charge is -2.23. The summed E-state index contributed by atoms with van der Waals surface area (Å²) in [6.45, 7) is 0.643. The van der Waals surface area contributed by atoms with Crippen molar-refractivity contribution in [1.29, 1.82) is 5.26 Å². The molecular weight excluding hydrogens is 218 g/mol. The average molecular weight is 231 g/mol. The van der Waals surface area contributed by atoms with Gasteiger partial charge in [-0.25, -0.2) is 9.78 Å². The van der Waals surface area contributed by atoms with Gasteiger partial charge in [-0.15, -0.1) is 0 Å². The van der Waals surface area contributed by atoms with Crippen molar-refractivity contribution >= 4 is 11.7 Å². The largest absolute Gasteiger partial charge is 0.477 e. The highest BCUT2D eigenvalue weighted by molar-refractivity contribution is 5.86. The molecule has 0 atom stereocenters. The number of carboxylic acids is 1. The minimum Gasteiger partial charge on any atom is -0.477 e. The van der Waals surface area contributed by atoms with Gasteiger partial charge in [0, 0.05) is 24.5 Å². The number of anilines is 1. The van der Waals surface area contributed by atoms with E-state index in [2.05, 4.69) is 16.0 Å². The van der Waals surface area contributed by atoms with Gasteiger partial charge in [0.15, 0.2) is 0 Å². The van der Waals surface area contributed by atoms with Crippen LogP contribution in [-0.2, 0) is 0 Å². The van der Waals surface area contributed by atoms with E-state index in [1.165, 1.54) is 6.20 Å². The second-order valence-corrected chi connectivity index (χ2v) is 4.04. The molecule has 2 rings (SSSR count). The fourth-order valence-electron chi connectivity index (χ4n) is 1.79. The number of nitrogens with zero attached hydrogens (tertiary/aromatic N) is 3. The van der Waals surface area contributed by atoms with Gasteiger partial charge in [0.2, 0.25) is 0 Å². The summed E-state index contributed by atoms with van der Waals surface area (Å²) in [6.07, 6.45) is 4.16. The number of aromatic nitrogens is 1. The van der Waals surface area contributed by atoms with Crippen LogP contribution >= 0.6 is 0 Å². The molecule has 1 heterocycles. The maximum absolute atomic E-state index is 10.8. The first-order chi connectivity index (χ1) is 8.22. The molecule has 0 unspecified atom stereocenters. The second kappa shape index (κ2) is 4.83. The quantitative estimate of drug-likeness (QED) is 0.833. The lowest BCUT2D eigenvalue weighted by Crippen LogP contribution is -2.26. The molecule has 1 saturated carbocycles. The zero-order valence-electron chi connectivity index (χ0n) is 9.33. The maximum atomic E-state index is 10.8. The maximum Gasteiger partial charge on any atom is 0.354 e. The molecule has 0 bridgehead atoms. The Bertz CT molecular complexity index is 463. The topological polar surface area (TPSA) is 77.2 Å². The smallest absolute Gasteiger partial charge is 0.354 e. The van der Waals surface area contributed by atoms with Gasteiger partial charge in [0.1, 0.15) is 5.69 Å². The van der Waals surface area contributed by atoms with E-state index in [-0.39, 0.29) is 5.69 Å². The molecule has 1 N–H and O–H groups in total. The number of carbonyl (C=O) groups is 1. The van der Waals surface area contributed by atoms with Gasteiger partial charge in [0.05, 0.1) is 12.5 Å². The van der Waals surface area contributed by atoms with Gasteiger partial charge in [-0.05, 0) is 25.0 Å². The summed E-state index contributed by atoms with van der Waals surface area (Å²) in [5, 5.41) is 17.5. The average Bonchev–Trinajstić information content (AvgIpc) is 3.14. The normalized spacial score (nSPS) is 14.1. The van der Waals surface area contributed by atoms with Crippen molar-refractivity contribution < 1.29 is 9.90 Å². The molecule has 1 aliphatic rings. The Morgan fingerprint density at radius 1 is 1.65 bits per heavy atom. The molecule has 0 spiro atoms. The Morgan fingerprint density at radius 2 is 2.41 bits per heavy atom. The first-order valence-corrected chi connectivity index (χ1v) is 5.55. The van der Waals surface area contributed by atoms with Crippen LogP contribution in [0.4, 0.5) is 5.69 Å². The Balaban J connectivity index is 2.20. The highest BCUT2D eigenvalue weighted by Gasteiger charge is 2.29. The van der Waals surface area contributed by atoms with Crippen LogP contribution in [0.2, 0.25) is 0 Å². The molecule has 0 saturated heterocycles. The first kappa shape index (κ1) is 11.4. The molecule has 0 amide bonds. The van der Waals surface area contributed by atoms with Gasteiger partial charge in [-0.3, -0.25) is 0 Å². The van der Waals surface area contributed by atoms with Crippen LogP contribution in [0, 0.1) is 11.3 Å². The predicted octanol–water partition coefficient (Wildman–Crippen LogP) is 1.66. The summed E-state index contributed by atoms with van der Waals surface area (Å²) in [5.74, 6) is -1.03. The number of carboxylic acid groups (broad SMARTS) is 1. The van der Waals surface area contributed by atoms with Crippen molar-refractivity contribution in [2.24, 2.45) is 0 Å². The second-order valence-electron chi connectivity index (χ2n) is 4.04. The van der Waals surface area contributed by atoms with Gasteiger partial charge < -0.3 is 10.0 Å². The van der Waals surface area contributed by atoms with Crippen LogP contribution in [0.25, 0.3) is 0 Å². The minimum atomic E-state index is -1.03. The Morgan fingerprint density at radius 3 is 3.00 bits per heavy atom. The summed E-state index contributed by atoms with van der Waals surface area (Å²) < 4.78 is 0. The third-order valence-electron chi connectivity index (χ3n) is 2.75. The van der Waals surface area contributed by atoms with E-state index in [0.29, 0.717) is 19.0 Å². The van der Waals surface area contributed by atoms with E-state index < -0.39 is 5.97 Å². The molecule has 17 heavy (non-hydrogen) atoms. The Labute approximate surface area is 99.3 Å². The molecular formula is C12H13N3O2. The molecule has 1 fully saturated rings. The number of hydrogen-bond donors (Lipinski definition) is 1. The molecule has 88 valence electrons. The van der Waals surface area contributed by atoms with Crippen LogP contribution in [0.15, 0.2) is 18.3 Å². The number of hydrogen-bond acceptors (Lipinski definition) is 4. The van der Waals surface area contributed by atoms with Crippen LogP contribution < -0.4 is 4.90 Å². The lowest BCUT2D eigenvalue weighted by molar-refractivity contribution is 0.0690. The van der Waals surface area contributed by atoms with Crippen molar-refractivity contribution in [1.82, 2.24) is 4.98 Å². The van der Waals surface area contributed by atoms with Crippen LogP contribution in [0.5, 0.6) is 0 Å². The summed E-state index contributed by atoms with van der Waals surface area (Å²) in [4.78, 5) is 16.7. The minimum absolute atomic E-state index is 0.0464. The molecule has 1 aliphatic carbocycles. The van der Waals surface area contributed by atoms with Gasteiger partial charge in [0.25, 0.3) is 0 Å². The molecule has 0 aliphatic heterocycles. The number of rotatable bonds is 5. The van der Waals surface area contributed by atoms with Crippen molar-refractivity contribution in [2.75, 3.05) is 11.4 Å². The number of aromatic carboxylic acids is 1. The van der Waals surface area contributed by atoms with E-state index in [9.17, 15) is 4.79 Å². The molecule has 1 aromatic heterocycles. The number of nitriles is 1. The summed E-state index contributed by atoms with van der Waals surface area (Å²) in [7, 11) is 0. The predicted molar refractivity (Wildman–Crippen MR) is 61.8 cm³/mol. The third kappa shape index (κ3) is 2.72. The highest BCUT2D eigenvalue weighted by Crippen LogP contribution is 2.31. The zero-order valence-corrected chi connectivity index (χ0v) is 9.33. The van der Waals surface area contributed by atoms with Crippen molar-refractivity contribution in [2.45, 2.75) is 25.3 Å². The fourth-order valence-corrected chi connectivity index (χ4v) is 1.79. The highest BCUT2D eigenvalue weighted by atomic mass is 16.4. The molecule has 0 aromatic carbocycles. The van der Waals surface area contributed by atoms with Crippen LogP contribution in [-0.4, -0.2) is 28.6 Å². The Hall–Kier alpha value is -2.09. The standard InChI is InChI=1S/C12H13N3O2/c13-5-1-7-15(9-2-3-9)10-4-6-14-11(8-10)12(16)17/h4,6,8-9H,1-3,7H2,(H,16,17). The molecule has 0 radical (unpaired) electrons. The van der Waals surface area contributed by atoms with Crippen LogP contribution in [0.1, 0.15) is 29.8 Å². The summed E-state index contributed by atoms with van der Waals surface area (Å²) in [5.41, 5.74) is 0.889. The lowest BCUT2D eigenvalue weighted by atomic mass is 10.2. The number of pyridine rings is 1. The van der Waals surface area contributed by atoms with E-state index in [0.717, 1.165) is 18.5 Å². The van der Waals surface area contributed by atoms with Gasteiger partial charge >= 0.3 is 5.97 Å². The van der Waals surface area contributed by atoms with Crippen molar-refractivity contribution in [3.8, 4) is 6.07 Å².